The zero-order valence-corrected chi connectivity index (χ0v) is 19.2. The van der Waals surface area contributed by atoms with E-state index in [1.54, 1.807) is 36.2 Å². The fraction of sp³-hybridized carbons (Fsp3) is 0.400. The van der Waals surface area contributed by atoms with Crippen LogP contribution in [0.15, 0.2) is 42.7 Å². The Morgan fingerprint density at radius 1 is 1.12 bits per heavy atom. The van der Waals surface area contributed by atoms with Gasteiger partial charge in [0.15, 0.2) is 0 Å². The number of hydrogen-bond acceptors (Lipinski definition) is 5. The molecule has 1 fully saturated rings. The highest BCUT2D eigenvalue weighted by Gasteiger charge is 2.27. The summed E-state index contributed by atoms with van der Waals surface area (Å²) in [5.74, 6) is 1.10. The van der Waals surface area contributed by atoms with Crippen LogP contribution >= 0.6 is 0 Å². The number of benzene rings is 2. The monoisotopic (exact) mass is 438 g/mol. The van der Waals surface area contributed by atoms with Crippen LogP contribution in [-0.2, 0) is 13.6 Å². The van der Waals surface area contributed by atoms with Crippen molar-refractivity contribution in [2.75, 3.05) is 38.2 Å². The highest BCUT2D eigenvalue weighted by molar-refractivity contribution is 5.57. The molecule has 1 aliphatic heterocycles. The summed E-state index contributed by atoms with van der Waals surface area (Å²) in [6.45, 7) is 8.04. The van der Waals surface area contributed by atoms with Crippen molar-refractivity contribution in [1.29, 1.82) is 0 Å². The lowest BCUT2D eigenvalue weighted by Crippen LogP contribution is -2.46. The van der Waals surface area contributed by atoms with E-state index in [0.29, 0.717) is 30.2 Å². The van der Waals surface area contributed by atoms with Gasteiger partial charge >= 0.3 is 0 Å². The van der Waals surface area contributed by atoms with Crippen LogP contribution in [-0.4, -0.2) is 52.8 Å². The molecule has 1 aliphatic rings. The first-order valence-electron chi connectivity index (χ1n) is 10.9. The molecule has 2 aromatic carbocycles. The van der Waals surface area contributed by atoms with Gasteiger partial charge in [0.05, 0.1) is 12.8 Å². The van der Waals surface area contributed by atoms with Crippen molar-refractivity contribution in [3.05, 3.63) is 76.6 Å². The van der Waals surface area contributed by atoms with Gasteiger partial charge in [-0.3, -0.25) is 4.90 Å². The average Bonchev–Trinajstić information content (AvgIpc) is 3.22. The number of imidazole rings is 1. The first-order chi connectivity index (χ1) is 15.4. The number of aliphatic hydroxyl groups excluding tert-OH is 1. The van der Waals surface area contributed by atoms with E-state index in [9.17, 15) is 9.50 Å². The Morgan fingerprint density at radius 3 is 2.53 bits per heavy atom. The lowest BCUT2D eigenvalue weighted by atomic mass is 10.0. The van der Waals surface area contributed by atoms with Crippen LogP contribution in [0.2, 0.25) is 0 Å². The summed E-state index contributed by atoms with van der Waals surface area (Å²) in [5.41, 5.74) is 4.65. The highest BCUT2D eigenvalue weighted by Crippen LogP contribution is 2.33. The van der Waals surface area contributed by atoms with Gasteiger partial charge in [0.2, 0.25) is 0 Å². The summed E-state index contributed by atoms with van der Waals surface area (Å²) in [7, 11) is 3.52. The number of nitrogens with zero attached hydrogens (tertiary/aromatic N) is 4. The maximum Gasteiger partial charge on any atom is 0.146 e. The minimum Gasteiger partial charge on any atom is -0.496 e. The second-order valence-corrected chi connectivity index (χ2v) is 8.49. The van der Waals surface area contributed by atoms with Gasteiger partial charge in [-0.1, -0.05) is 18.2 Å². The minimum atomic E-state index is -0.983. The van der Waals surface area contributed by atoms with Crippen LogP contribution in [0.5, 0.6) is 5.75 Å². The zero-order chi connectivity index (χ0) is 22.8. The summed E-state index contributed by atoms with van der Waals surface area (Å²) in [6, 6.07) is 9.17. The number of methoxy groups -OCH3 is 1. The zero-order valence-electron chi connectivity index (χ0n) is 19.2. The van der Waals surface area contributed by atoms with Crippen molar-refractivity contribution in [2.24, 2.45) is 7.05 Å². The van der Waals surface area contributed by atoms with Gasteiger partial charge < -0.3 is 19.3 Å². The van der Waals surface area contributed by atoms with Crippen molar-refractivity contribution < 1.29 is 14.2 Å². The molecular formula is C25H31FN4O2. The maximum atomic E-state index is 14.9. The van der Waals surface area contributed by atoms with Crippen LogP contribution in [0.3, 0.4) is 0 Å². The topological polar surface area (TPSA) is 53.8 Å². The van der Waals surface area contributed by atoms with E-state index in [1.165, 1.54) is 17.2 Å². The quantitative estimate of drug-likeness (QED) is 0.638. The predicted octanol–water partition coefficient (Wildman–Crippen LogP) is 3.59. The van der Waals surface area contributed by atoms with Crippen molar-refractivity contribution >= 4 is 5.69 Å². The molecule has 0 aliphatic carbocycles. The van der Waals surface area contributed by atoms with Gasteiger partial charge in [-0.2, -0.15) is 0 Å². The second kappa shape index (κ2) is 9.30. The molecule has 1 N–H and O–H groups in total. The van der Waals surface area contributed by atoms with E-state index >= 15 is 0 Å². The number of piperazine rings is 1. The third kappa shape index (κ3) is 4.36. The molecule has 1 aromatic heterocycles. The fourth-order valence-electron chi connectivity index (χ4n) is 4.48. The molecule has 32 heavy (non-hydrogen) atoms. The van der Waals surface area contributed by atoms with Gasteiger partial charge in [0, 0.05) is 57.7 Å². The minimum absolute atomic E-state index is 0.314. The summed E-state index contributed by atoms with van der Waals surface area (Å²) < 4.78 is 22.1. The Hall–Kier alpha value is -2.90. The number of halogens is 1. The molecule has 2 heterocycles. The van der Waals surface area contributed by atoms with E-state index in [-0.39, 0.29) is 5.82 Å². The van der Waals surface area contributed by atoms with Gasteiger partial charge in [0.25, 0.3) is 0 Å². The van der Waals surface area contributed by atoms with Crippen molar-refractivity contribution in [2.45, 2.75) is 26.5 Å². The standard InChI is InChI=1S/C25H31FN4O2/c1-17-15-22(32-4)18(2)14-19(17)16-29-10-12-30(13-11-29)23-20(6-5-7-21(23)26)24(31)25-27-8-9-28(25)3/h5-9,14-15,24,31H,10-13,16H2,1-4H3/t24-/m1/s1. The Kier molecular flexibility index (Phi) is 6.48. The second-order valence-electron chi connectivity index (χ2n) is 8.49. The number of ether oxygens (including phenoxy) is 1. The smallest absolute Gasteiger partial charge is 0.146 e. The Bertz CT molecular complexity index is 1090. The average molecular weight is 439 g/mol. The molecular weight excluding hydrogens is 407 g/mol. The third-order valence-corrected chi connectivity index (χ3v) is 6.35. The summed E-state index contributed by atoms with van der Waals surface area (Å²) in [4.78, 5) is 8.68. The first kappa shape index (κ1) is 22.3. The SMILES string of the molecule is COc1cc(C)c(CN2CCN(c3c(F)cccc3[C@@H](O)c3nccn3C)CC2)cc1C. The summed E-state index contributed by atoms with van der Waals surface area (Å²) >= 11 is 0. The van der Waals surface area contributed by atoms with Gasteiger partial charge in [-0.25, -0.2) is 9.37 Å². The summed E-state index contributed by atoms with van der Waals surface area (Å²) in [5, 5.41) is 10.9. The van der Waals surface area contributed by atoms with Crippen LogP contribution in [0.1, 0.15) is 34.2 Å². The lowest BCUT2D eigenvalue weighted by Gasteiger charge is -2.37. The number of rotatable bonds is 6. The largest absolute Gasteiger partial charge is 0.496 e. The highest BCUT2D eigenvalue weighted by atomic mass is 19.1. The Labute approximate surface area is 188 Å². The van der Waals surface area contributed by atoms with Crippen LogP contribution in [0.4, 0.5) is 10.1 Å². The third-order valence-electron chi connectivity index (χ3n) is 6.35. The number of anilines is 1. The fourth-order valence-corrected chi connectivity index (χ4v) is 4.48. The number of para-hydroxylation sites is 1. The molecule has 3 aromatic rings. The first-order valence-corrected chi connectivity index (χ1v) is 10.9. The van der Waals surface area contributed by atoms with Gasteiger partial charge in [-0.05, 0) is 42.7 Å². The lowest BCUT2D eigenvalue weighted by molar-refractivity contribution is 0.205. The molecule has 0 radical (unpaired) electrons. The predicted molar refractivity (Wildman–Crippen MR) is 124 cm³/mol. The number of aryl methyl sites for hydroxylation is 3. The van der Waals surface area contributed by atoms with Crippen molar-refractivity contribution in [3.63, 3.8) is 0 Å². The normalized spacial score (nSPS) is 15.8. The van der Waals surface area contributed by atoms with E-state index in [1.807, 2.05) is 11.9 Å². The van der Waals surface area contributed by atoms with E-state index in [2.05, 4.69) is 35.9 Å². The molecule has 0 unspecified atom stereocenters. The molecule has 1 atom stereocenters. The molecule has 0 bridgehead atoms. The number of aliphatic hydroxyl groups is 1. The van der Waals surface area contributed by atoms with Crippen LogP contribution in [0, 0.1) is 19.7 Å². The molecule has 4 rings (SSSR count). The molecule has 7 heteroatoms. The number of hydrogen-bond donors (Lipinski definition) is 1. The Balaban J connectivity index is 1.49. The van der Waals surface area contributed by atoms with E-state index in [4.69, 9.17) is 4.74 Å². The molecule has 170 valence electrons. The van der Waals surface area contributed by atoms with E-state index < -0.39 is 6.10 Å². The molecule has 6 nitrogen and oxygen atoms in total. The molecule has 0 amide bonds. The Morgan fingerprint density at radius 2 is 1.88 bits per heavy atom. The van der Waals surface area contributed by atoms with Gasteiger partial charge in [0.1, 0.15) is 23.5 Å². The van der Waals surface area contributed by atoms with Crippen molar-refractivity contribution in [1.82, 2.24) is 14.5 Å². The molecule has 0 spiro atoms. The van der Waals surface area contributed by atoms with Crippen LogP contribution < -0.4 is 9.64 Å². The van der Waals surface area contributed by atoms with Gasteiger partial charge in [-0.15, -0.1) is 0 Å². The van der Waals surface area contributed by atoms with Crippen molar-refractivity contribution in [3.8, 4) is 5.75 Å². The van der Waals surface area contributed by atoms with Crippen LogP contribution in [0.25, 0.3) is 0 Å². The molecule has 0 saturated carbocycles. The summed E-state index contributed by atoms with van der Waals surface area (Å²) in [6.07, 6.45) is 2.43. The molecule has 1 saturated heterocycles. The van der Waals surface area contributed by atoms with E-state index in [0.717, 1.165) is 30.9 Å². The number of aromatic nitrogens is 2. The maximum absolute atomic E-state index is 14.9.